The number of para-hydroxylation sites is 1. The summed E-state index contributed by atoms with van der Waals surface area (Å²) >= 11 is 1.89. The summed E-state index contributed by atoms with van der Waals surface area (Å²) in [6.45, 7) is 8.63. The standard InChI is InChI=1S/C60H42OS/c1-4-5-21-40-37(3)54(39-33-34-53-51(35-39)47-28-15-18-36(2)60(47)62-53)41-22-9-12-25-44(41)56(40)49-30-16-31-50-58-48(29-17-32-52(58)61-59(49)50)57-45-26-13-10-23-42(45)55(38-19-7-6-8-20-38)43-24-11-14-27-46(43)57/h4-11,13-24,26-35H,1,12,25H2,2-3H3/b21-5-. The molecule has 0 atom stereocenters. The zero-order valence-corrected chi connectivity index (χ0v) is 35.6. The lowest BCUT2D eigenvalue weighted by atomic mass is 9.78. The second-order valence-electron chi connectivity index (χ2n) is 16.7. The number of fused-ring (bicyclic) bond motifs is 9. The van der Waals surface area contributed by atoms with Crippen molar-refractivity contribution in [2.45, 2.75) is 26.7 Å². The third-order valence-electron chi connectivity index (χ3n) is 13.2. The molecule has 0 N–H and O–H groups in total. The van der Waals surface area contributed by atoms with Crippen LogP contribution in [0.1, 0.15) is 34.2 Å². The number of benzene rings is 9. The molecule has 0 saturated carbocycles. The zero-order valence-electron chi connectivity index (χ0n) is 34.8. The van der Waals surface area contributed by atoms with Gasteiger partial charge in [0.25, 0.3) is 0 Å². The minimum absolute atomic E-state index is 0.891. The molecule has 1 aliphatic rings. The van der Waals surface area contributed by atoms with Gasteiger partial charge < -0.3 is 4.42 Å². The fourth-order valence-electron chi connectivity index (χ4n) is 10.6. The summed E-state index contributed by atoms with van der Waals surface area (Å²) in [4.78, 5) is 0. The van der Waals surface area contributed by atoms with E-state index < -0.39 is 0 Å². The van der Waals surface area contributed by atoms with Crippen molar-refractivity contribution < 1.29 is 4.42 Å². The Morgan fingerprint density at radius 3 is 2.03 bits per heavy atom. The van der Waals surface area contributed by atoms with Crippen LogP contribution in [0.3, 0.4) is 0 Å². The van der Waals surface area contributed by atoms with E-state index in [1.165, 1.54) is 108 Å². The van der Waals surface area contributed by atoms with Gasteiger partial charge in [0.1, 0.15) is 11.2 Å². The molecule has 2 aromatic heterocycles. The van der Waals surface area contributed by atoms with Crippen molar-refractivity contribution in [1.29, 1.82) is 0 Å². The van der Waals surface area contributed by atoms with Crippen molar-refractivity contribution in [2.24, 2.45) is 0 Å². The van der Waals surface area contributed by atoms with Crippen LogP contribution in [0, 0.1) is 13.8 Å². The molecule has 0 aliphatic heterocycles. The van der Waals surface area contributed by atoms with Gasteiger partial charge in [-0.05, 0) is 133 Å². The van der Waals surface area contributed by atoms with E-state index in [1.807, 2.05) is 17.4 Å². The van der Waals surface area contributed by atoms with E-state index in [1.54, 1.807) is 0 Å². The molecule has 11 aromatic rings. The Bertz CT molecular complexity index is 3660. The van der Waals surface area contributed by atoms with Crippen molar-refractivity contribution >= 4 is 87.1 Å². The number of allylic oxidation sites excluding steroid dienone is 3. The average Bonchev–Trinajstić information content (AvgIpc) is 3.90. The predicted octanol–water partition coefficient (Wildman–Crippen LogP) is 17.7. The molecular weight excluding hydrogens is 769 g/mol. The molecule has 0 unspecified atom stereocenters. The molecule has 294 valence electrons. The molecule has 0 fully saturated rings. The van der Waals surface area contributed by atoms with Gasteiger partial charge in [0.05, 0.1) is 0 Å². The van der Waals surface area contributed by atoms with Gasteiger partial charge in [0.2, 0.25) is 0 Å². The maximum absolute atomic E-state index is 7.15. The summed E-state index contributed by atoms with van der Waals surface area (Å²) in [6, 6.07) is 55.8. The number of hydrogen-bond donors (Lipinski definition) is 0. The molecule has 62 heavy (non-hydrogen) atoms. The molecule has 0 bridgehead atoms. The van der Waals surface area contributed by atoms with Crippen LogP contribution in [-0.4, -0.2) is 0 Å². The second kappa shape index (κ2) is 14.4. The summed E-state index contributed by atoms with van der Waals surface area (Å²) in [7, 11) is 0. The topological polar surface area (TPSA) is 13.1 Å². The van der Waals surface area contributed by atoms with Crippen molar-refractivity contribution in [3.05, 3.63) is 204 Å². The molecule has 1 aliphatic carbocycles. The maximum atomic E-state index is 7.15. The van der Waals surface area contributed by atoms with Gasteiger partial charge in [0, 0.05) is 36.5 Å². The smallest absolute Gasteiger partial charge is 0.143 e. The summed E-state index contributed by atoms with van der Waals surface area (Å²) in [5, 5.41) is 9.88. The van der Waals surface area contributed by atoms with Crippen LogP contribution in [0.2, 0.25) is 0 Å². The highest BCUT2D eigenvalue weighted by Crippen LogP contribution is 2.50. The highest BCUT2D eigenvalue weighted by molar-refractivity contribution is 7.26. The zero-order chi connectivity index (χ0) is 41.5. The quantitative estimate of drug-likeness (QED) is 0.120. The maximum Gasteiger partial charge on any atom is 0.143 e. The van der Waals surface area contributed by atoms with Gasteiger partial charge in [-0.3, -0.25) is 0 Å². The number of rotatable bonds is 6. The largest absolute Gasteiger partial charge is 0.455 e. The van der Waals surface area contributed by atoms with Crippen LogP contribution in [0.15, 0.2) is 181 Å². The molecule has 0 saturated heterocycles. The predicted molar refractivity (Wildman–Crippen MR) is 269 cm³/mol. The highest BCUT2D eigenvalue weighted by Gasteiger charge is 2.27. The van der Waals surface area contributed by atoms with E-state index in [2.05, 4.69) is 196 Å². The second-order valence-corrected chi connectivity index (χ2v) is 17.7. The molecule has 12 rings (SSSR count). The van der Waals surface area contributed by atoms with Gasteiger partial charge in [-0.15, -0.1) is 11.3 Å². The SMILES string of the molecule is C=C/C=C\c1c(C)c(-c2ccc3sc4c(C)cccc4c3c2)c2c(c1-c1cccc3c1oc1cccc(-c4c5ccccc5c(-c5ccccc5)c5ccccc45)c13)CCC=C2. The van der Waals surface area contributed by atoms with Crippen LogP contribution in [-0.2, 0) is 6.42 Å². The van der Waals surface area contributed by atoms with Gasteiger partial charge in [-0.1, -0.05) is 170 Å². The Morgan fingerprint density at radius 1 is 0.581 bits per heavy atom. The van der Waals surface area contributed by atoms with Crippen LogP contribution in [0.5, 0.6) is 0 Å². The lowest BCUT2D eigenvalue weighted by Crippen LogP contribution is -2.06. The third kappa shape index (κ3) is 5.46. The minimum atomic E-state index is 0.891. The molecular formula is C60H42OS. The Kier molecular flexibility index (Phi) is 8.52. The molecule has 2 heteroatoms. The van der Waals surface area contributed by atoms with E-state index in [0.717, 1.165) is 40.3 Å². The highest BCUT2D eigenvalue weighted by atomic mass is 32.1. The van der Waals surface area contributed by atoms with E-state index in [-0.39, 0.29) is 0 Å². The molecule has 2 heterocycles. The summed E-state index contributed by atoms with van der Waals surface area (Å²) in [6.07, 6.45) is 12.9. The Balaban J connectivity index is 1.13. The van der Waals surface area contributed by atoms with Crippen molar-refractivity contribution in [1.82, 2.24) is 0 Å². The first kappa shape index (κ1) is 36.6. The number of furan rings is 1. The summed E-state index contributed by atoms with van der Waals surface area (Å²) in [5.74, 6) is 0. The summed E-state index contributed by atoms with van der Waals surface area (Å²) in [5.41, 5.74) is 18.1. The Hall–Kier alpha value is -7.26. The number of thiophene rings is 1. The normalized spacial score (nSPS) is 12.8. The summed E-state index contributed by atoms with van der Waals surface area (Å²) < 4.78 is 9.85. The minimum Gasteiger partial charge on any atom is -0.455 e. The van der Waals surface area contributed by atoms with Gasteiger partial charge in [0.15, 0.2) is 0 Å². The van der Waals surface area contributed by atoms with Crippen molar-refractivity contribution in [2.75, 3.05) is 0 Å². The van der Waals surface area contributed by atoms with Crippen LogP contribution >= 0.6 is 11.3 Å². The van der Waals surface area contributed by atoms with Gasteiger partial charge in [-0.2, -0.15) is 0 Å². The Labute approximate surface area is 365 Å². The van der Waals surface area contributed by atoms with E-state index >= 15 is 0 Å². The molecule has 0 amide bonds. The van der Waals surface area contributed by atoms with Crippen LogP contribution in [0.4, 0.5) is 0 Å². The first-order valence-electron chi connectivity index (χ1n) is 21.6. The number of hydrogen-bond acceptors (Lipinski definition) is 2. The first-order valence-corrected chi connectivity index (χ1v) is 22.4. The van der Waals surface area contributed by atoms with Crippen LogP contribution < -0.4 is 0 Å². The van der Waals surface area contributed by atoms with E-state index in [0.29, 0.717) is 0 Å². The lowest BCUT2D eigenvalue weighted by Gasteiger charge is -2.25. The van der Waals surface area contributed by atoms with E-state index in [4.69, 9.17) is 4.42 Å². The molecule has 0 spiro atoms. The van der Waals surface area contributed by atoms with Crippen molar-refractivity contribution in [3.63, 3.8) is 0 Å². The van der Waals surface area contributed by atoms with Crippen LogP contribution in [0.25, 0.3) is 120 Å². The van der Waals surface area contributed by atoms with E-state index in [9.17, 15) is 0 Å². The average molecular weight is 811 g/mol. The van der Waals surface area contributed by atoms with Crippen molar-refractivity contribution in [3.8, 4) is 44.5 Å². The number of aryl methyl sites for hydroxylation is 1. The molecule has 1 nitrogen and oxygen atoms in total. The fraction of sp³-hybridized carbons (Fsp3) is 0.0667. The molecule has 9 aromatic carbocycles. The van der Waals surface area contributed by atoms with Gasteiger partial charge >= 0.3 is 0 Å². The Morgan fingerprint density at radius 2 is 1.26 bits per heavy atom. The third-order valence-corrected chi connectivity index (χ3v) is 14.5. The molecule has 0 radical (unpaired) electrons. The lowest BCUT2D eigenvalue weighted by molar-refractivity contribution is 0.670. The monoisotopic (exact) mass is 810 g/mol. The first-order chi connectivity index (χ1) is 30.6. The van der Waals surface area contributed by atoms with Gasteiger partial charge in [-0.25, -0.2) is 0 Å². The fourth-order valence-corrected chi connectivity index (χ4v) is 11.7.